The van der Waals surface area contributed by atoms with Crippen molar-refractivity contribution < 1.29 is 35.0 Å². The summed E-state index contributed by atoms with van der Waals surface area (Å²) in [5.74, 6) is 0. The second-order valence-electron chi connectivity index (χ2n) is 3.02. The summed E-state index contributed by atoms with van der Waals surface area (Å²) in [5, 5.41) is 0. The molecular weight excluding hydrogens is 149 g/mol. The Labute approximate surface area is 92.9 Å². The Morgan fingerprint density at radius 2 is 1.27 bits per heavy atom. The standard InChI is InChI=1S/C8H19N.Na.H2O/c1-6-9(7(2)3)8(4)5;;/h7-8H,6H2,1-5H3;;1H2/q;+1;/p-1. The first-order valence-electron chi connectivity index (χ1n) is 3.85. The summed E-state index contributed by atoms with van der Waals surface area (Å²) in [5.41, 5.74) is 0. The number of hydrogen-bond acceptors (Lipinski definition) is 2. The van der Waals surface area contributed by atoms with Crippen LogP contribution in [0.4, 0.5) is 0 Å². The van der Waals surface area contributed by atoms with E-state index in [1.807, 2.05) is 0 Å². The minimum atomic E-state index is 0. The van der Waals surface area contributed by atoms with Crippen molar-refractivity contribution in [2.45, 2.75) is 46.7 Å². The first kappa shape index (κ1) is 17.9. The van der Waals surface area contributed by atoms with E-state index in [1.54, 1.807) is 0 Å². The molecule has 0 aromatic carbocycles. The minimum absolute atomic E-state index is 0. The molecule has 0 heterocycles. The van der Waals surface area contributed by atoms with Crippen LogP contribution in [-0.4, -0.2) is 29.0 Å². The van der Waals surface area contributed by atoms with Gasteiger partial charge in [-0.25, -0.2) is 0 Å². The van der Waals surface area contributed by atoms with Crippen LogP contribution < -0.4 is 29.6 Å². The summed E-state index contributed by atoms with van der Waals surface area (Å²) in [6.45, 7) is 12.3. The zero-order valence-corrected chi connectivity index (χ0v) is 10.8. The zero-order valence-electron chi connectivity index (χ0n) is 8.76. The van der Waals surface area contributed by atoms with Gasteiger partial charge in [-0.2, -0.15) is 0 Å². The largest absolute Gasteiger partial charge is 1.00 e. The molecule has 0 unspecified atom stereocenters. The molecule has 1 N–H and O–H groups in total. The van der Waals surface area contributed by atoms with Gasteiger partial charge in [0.25, 0.3) is 0 Å². The van der Waals surface area contributed by atoms with Gasteiger partial charge in [0.15, 0.2) is 0 Å². The van der Waals surface area contributed by atoms with Gasteiger partial charge in [-0.1, -0.05) is 6.92 Å². The van der Waals surface area contributed by atoms with Crippen LogP contribution >= 0.6 is 0 Å². The van der Waals surface area contributed by atoms with Crippen LogP contribution in [0.25, 0.3) is 0 Å². The van der Waals surface area contributed by atoms with E-state index in [-0.39, 0.29) is 35.0 Å². The van der Waals surface area contributed by atoms with E-state index in [2.05, 4.69) is 39.5 Å². The van der Waals surface area contributed by atoms with E-state index >= 15 is 0 Å². The second kappa shape index (κ2) is 9.01. The molecule has 0 spiro atoms. The van der Waals surface area contributed by atoms with Crippen molar-refractivity contribution in [1.29, 1.82) is 0 Å². The summed E-state index contributed by atoms with van der Waals surface area (Å²) in [6.07, 6.45) is 0. The zero-order chi connectivity index (χ0) is 7.44. The van der Waals surface area contributed by atoms with Gasteiger partial charge in [-0.15, -0.1) is 0 Å². The van der Waals surface area contributed by atoms with Crippen molar-refractivity contribution in [3.63, 3.8) is 0 Å². The first-order chi connectivity index (χ1) is 4.09. The fraction of sp³-hybridized carbons (Fsp3) is 1.00. The average Bonchev–Trinajstić information content (AvgIpc) is 1.64. The molecule has 0 bridgehead atoms. The smallest absolute Gasteiger partial charge is 0.870 e. The first-order valence-corrected chi connectivity index (χ1v) is 3.85. The van der Waals surface area contributed by atoms with Gasteiger partial charge >= 0.3 is 29.6 Å². The Morgan fingerprint density at radius 1 is 1.00 bits per heavy atom. The van der Waals surface area contributed by atoms with E-state index in [9.17, 15) is 0 Å². The molecule has 64 valence electrons. The summed E-state index contributed by atoms with van der Waals surface area (Å²) < 4.78 is 0. The van der Waals surface area contributed by atoms with E-state index in [4.69, 9.17) is 0 Å². The van der Waals surface area contributed by atoms with Crippen LogP contribution in [0, 0.1) is 0 Å². The van der Waals surface area contributed by atoms with Crippen LogP contribution in [0.1, 0.15) is 34.6 Å². The Hall–Kier alpha value is 0.920. The van der Waals surface area contributed by atoms with Crippen molar-refractivity contribution in [3.8, 4) is 0 Å². The average molecular weight is 169 g/mol. The summed E-state index contributed by atoms with van der Waals surface area (Å²) in [6, 6.07) is 1.38. The number of rotatable bonds is 3. The third-order valence-electron chi connectivity index (χ3n) is 1.69. The molecule has 11 heavy (non-hydrogen) atoms. The Balaban J connectivity index is -0.000000320. The van der Waals surface area contributed by atoms with Gasteiger partial charge in [0.2, 0.25) is 0 Å². The molecular formula is C8H20NNaO. The Morgan fingerprint density at radius 3 is 1.27 bits per heavy atom. The topological polar surface area (TPSA) is 33.2 Å². The minimum Gasteiger partial charge on any atom is -0.870 e. The molecule has 2 nitrogen and oxygen atoms in total. The van der Waals surface area contributed by atoms with Crippen LogP contribution in [0.2, 0.25) is 0 Å². The van der Waals surface area contributed by atoms with Crippen molar-refractivity contribution in [1.82, 2.24) is 4.90 Å². The fourth-order valence-electron chi connectivity index (χ4n) is 1.33. The second-order valence-corrected chi connectivity index (χ2v) is 3.02. The maximum absolute atomic E-state index is 2.46. The third kappa shape index (κ3) is 7.29. The van der Waals surface area contributed by atoms with Gasteiger partial charge in [0.1, 0.15) is 0 Å². The van der Waals surface area contributed by atoms with Crippen molar-refractivity contribution >= 4 is 0 Å². The predicted octanol–water partition coefficient (Wildman–Crippen LogP) is -1.05. The molecule has 0 saturated heterocycles. The molecule has 0 rings (SSSR count). The monoisotopic (exact) mass is 169 g/mol. The van der Waals surface area contributed by atoms with Crippen LogP contribution in [0.15, 0.2) is 0 Å². The normalized spacial score (nSPS) is 9.82. The van der Waals surface area contributed by atoms with E-state index in [0.717, 1.165) is 6.54 Å². The van der Waals surface area contributed by atoms with Crippen LogP contribution in [0.3, 0.4) is 0 Å². The molecule has 0 aliphatic heterocycles. The van der Waals surface area contributed by atoms with E-state index in [1.165, 1.54) is 0 Å². The van der Waals surface area contributed by atoms with Gasteiger partial charge in [-0.05, 0) is 34.2 Å². The third-order valence-corrected chi connectivity index (χ3v) is 1.69. The molecule has 0 radical (unpaired) electrons. The molecule has 0 amide bonds. The van der Waals surface area contributed by atoms with Crippen LogP contribution in [0.5, 0.6) is 0 Å². The molecule has 0 aliphatic rings. The summed E-state index contributed by atoms with van der Waals surface area (Å²) in [7, 11) is 0. The van der Waals surface area contributed by atoms with E-state index < -0.39 is 0 Å². The van der Waals surface area contributed by atoms with Gasteiger partial charge in [0, 0.05) is 12.1 Å². The number of nitrogens with zero attached hydrogens (tertiary/aromatic N) is 1. The molecule has 0 fully saturated rings. The maximum Gasteiger partial charge on any atom is 1.00 e. The van der Waals surface area contributed by atoms with E-state index in [0.29, 0.717) is 12.1 Å². The van der Waals surface area contributed by atoms with Crippen molar-refractivity contribution in [2.75, 3.05) is 6.54 Å². The number of hydrogen-bond donors (Lipinski definition) is 0. The molecule has 0 aromatic rings. The van der Waals surface area contributed by atoms with Gasteiger partial charge < -0.3 is 5.48 Å². The van der Waals surface area contributed by atoms with Gasteiger partial charge in [-0.3, -0.25) is 4.90 Å². The summed E-state index contributed by atoms with van der Waals surface area (Å²) >= 11 is 0. The molecule has 0 saturated carbocycles. The van der Waals surface area contributed by atoms with Gasteiger partial charge in [0.05, 0.1) is 0 Å². The predicted molar refractivity (Wildman–Crippen MR) is 44.6 cm³/mol. The summed E-state index contributed by atoms with van der Waals surface area (Å²) in [4.78, 5) is 2.46. The molecule has 0 aliphatic carbocycles. The molecule has 3 heteroatoms. The van der Waals surface area contributed by atoms with Crippen molar-refractivity contribution in [3.05, 3.63) is 0 Å². The van der Waals surface area contributed by atoms with Crippen molar-refractivity contribution in [2.24, 2.45) is 0 Å². The molecule has 0 aromatic heterocycles. The molecule has 0 atom stereocenters. The SMILES string of the molecule is CCN(C(C)C)C(C)C.[Na+].[OH-]. The Bertz CT molecular complexity index is 68.5. The fourth-order valence-corrected chi connectivity index (χ4v) is 1.33. The maximum atomic E-state index is 2.46. The quantitative estimate of drug-likeness (QED) is 0.505. The Kier molecular flexibility index (Phi) is 14.6. The van der Waals surface area contributed by atoms with Crippen LogP contribution in [-0.2, 0) is 0 Å².